The van der Waals surface area contributed by atoms with Crippen molar-refractivity contribution >= 4 is 23.8 Å². The van der Waals surface area contributed by atoms with Crippen LogP contribution in [0.25, 0.3) is 0 Å². The van der Waals surface area contributed by atoms with Crippen molar-refractivity contribution in [2.75, 3.05) is 13.1 Å². The van der Waals surface area contributed by atoms with E-state index < -0.39 is 30.3 Å². The average Bonchev–Trinajstić information content (AvgIpc) is 2.91. The first-order valence-electron chi connectivity index (χ1n) is 9.67. The van der Waals surface area contributed by atoms with E-state index in [4.69, 9.17) is 0 Å². The summed E-state index contributed by atoms with van der Waals surface area (Å²) in [6.45, 7) is 1.53. The molecule has 148 valence electrons. The topological polar surface area (TPSA) is 86.8 Å². The summed E-state index contributed by atoms with van der Waals surface area (Å²) in [4.78, 5) is 50.8. The van der Waals surface area contributed by atoms with Gasteiger partial charge in [-0.2, -0.15) is 0 Å². The fourth-order valence-electron chi connectivity index (χ4n) is 3.53. The average molecular weight is 383 g/mol. The zero-order valence-electron chi connectivity index (χ0n) is 16.0. The second-order valence-corrected chi connectivity index (χ2v) is 7.19. The monoisotopic (exact) mass is 383 g/mol. The van der Waals surface area contributed by atoms with E-state index in [9.17, 15) is 19.2 Å². The maximum atomic E-state index is 12.5. The van der Waals surface area contributed by atoms with Crippen LogP contribution in [-0.4, -0.2) is 46.6 Å². The summed E-state index contributed by atoms with van der Waals surface area (Å²) in [6, 6.07) is 8.38. The van der Waals surface area contributed by atoms with Crippen LogP contribution in [-0.2, 0) is 14.4 Å². The van der Waals surface area contributed by atoms with Crippen molar-refractivity contribution in [3.05, 3.63) is 47.5 Å². The first-order chi connectivity index (χ1) is 13.5. The lowest BCUT2D eigenvalue weighted by Crippen LogP contribution is -2.42. The second kappa shape index (κ2) is 8.82. The lowest BCUT2D eigenvalue weighted by Gasteiger charge is -2.19. The van der Waals surface area contributed by atoms with E-state index in [1.54, 1.807) is 0 Å². The maximum absolute atomic E-state index is 12.5. The number of nitrogens with zero attached hydrogens (tertiary/aromatic N) is 2. The van der Waals surface area contributed by atoms with Crippen molar-refractivity contribution in [2.24, 2.45) is 0 Å². The molecule has 0 saturated carbocycles. The van der Waals surface area contributed by atoms with Crippen LogP contribution in [0.15, 0.2) is 42.0 Å². The Hall–Kier alpha value is -2.96. The second-order valence-electron chi connectivity index (χ2n) is 7.19. The standard InChI is InChI=1S/C21H25N3O4/c1-15(17-10-6-3-7-11-17)22-18(25)14-24-20(27)19(26)23(21(24)28)13-12-16-8-4-2-5-9-16/h3,6-8,10-11,15H,2,4-5,9,12-14H2,1H3,(H,22,25). The van der Waals surface area contributed by atoms with E-state index in [1.807, 2.05) is 37.3 Å². The Morgan fingerprint density at radius 2 is 1.79 bits per heavy atom. The van der Waals surface area contributed by atoms with Gasteiger partial charge in [0, 0.05) is 6.54 Å². The molecule has 1 aliphatic carbocycles. The Balaban J connectivity index is 1.57. The highest BCUT2D eigenvalue weighted by Gasteiger charge is 2.44. The van der Waals surface area contributed by atoms with Crippen LogP contribution in [0.1, 0.15) is 50.6 Å². The molecule has 0 aromatic heterocycles. The molecule has 0 radical (unpaired) electrons. The first-order valence-corrected chi connectivity index (χ1v) is 9.67. The van der Waals surface area contributed by atoms with E-state index in [2.05, 4.69) is 11.4 Å². The van der Waals surface area contributed by atoms with Gasteiger partial charge in [-0.25, -0.2) is 9.69 Å². The van der Waals surface area contributed by atoms with E-state index in [0.717, 1.165) is 41.0 Å². The Bertz CT molecular complexity index is 803. The molecule has 0 spiro atoms. The molecule has 3 rings (SSSR count). The highest BCUT2D eigenvalue weighted by Crippen LogP contribution is 2.22. The van der Waals surface area contributed by atoms with Crippen LogP contribution < -0.4 is 5.32 Å². The molecule has 1 aromatic carbocycles. The largest absolute Gasteiger partial charge is 0.348 e. The lowest BCUT2D eigenvalue weighted by atomic mass is 9.97. The van der Waals surface area contributed by atoms with Gasteiger partial charge in [-0.15, -0.1) is 0 Å². The number of carbonyl (C=O) groups excluding carboxylic acids is 4. The molecule has 0 bridgehead atoms. The predicted octanol–water partition coefficient (Wildman–Crippen LogP) is 2.55. The third kappa shape index (κ3) is 4.47. The molecule has 7 nitrogen and oxygen atoms in total. The van der Waals surface area contributed by atoms with Crippen molar-refractivity contribution in [1.82, 2.24) is 15.1 Å². The van der Waals surface area contributed by atoms with Gasteiger partial charge in [0.2, 0.25) is 5.91 Å². The molecular formula is C21H25N3O4. The molecule has 2 aliphatic rings. The molecule has 1 fully saturated rings. The van der Waals surface area contributed by atoms with Crippen molar-refractivity contribution in [3.8, 4) is 0 Å². The van der Waals surface area contributed by atoms with Gasteiger partial charge in [-0.3, -0.25) is 19.3 Å². The molecule has 1 saturated heterocycles. The molecular weight excluding hydrogens is 358 g/mol. The molecule has 1 unspecified atom stereocenters. The lowest BCUT2D eigenvalue weighted by molar-refractivity contribution is -0.144. The summed E-state index contributed by atoms with van der Waals surface area (Å²) in [7, 11) is 0. The summed E-state index contributed by atoms with van der Waals surface area (Å²) >= 11 is 0. The van der Waals surface area contributed by atoms with Gasteiger partial charge in [-0.05, 0) is 44.6 Å². The summed E-state index contributed by atoms with van der Waals surface area (Å²) in [5.41, 5.74) is 2.13. The Morgan fingerprint density at radius 3 is 2.46 bits per heavy atom. The van der Waals surface area contributed by atoms with Gasteiger partial charge in [0.25, 0.3) is 0 Å². The van der Waals surface area contributed by atoms with Gasteiger partial charge in [0.05, 0.1) is 6.04 Å². The summed E-state index contributed by atoms with van der Waals surface area (Å²) in [5, 5.41) is 2.75. The van der Waals surface area contributed by atoms with Crippen molar-refractivity contribution in [1.29, 1.82) is 0 Å². The summed E-state index contributed by atoms with van der Waals surface area (Å²) in [6.07, 6.45) is 6.98. The number of nitrogens with one attached hydrogen (secondary N) is 1. The number of amides is 5. The molecule has 1 heterocycles. The Morgan fingerprint density at radius 1 is 1.07 bits per heavy atom. The van der Waals surface area contributed by atoms with Gasteiger partial charge in [0.15, 0.2) is 0 Å². The van der Waals surface area contributed by atoms with Crippen LogP contribution >= 0.6 is 0 Å². The van der Waals surface area contributed by atoms with E-state index >= 15 is 0 Å². The fraction of sp³-hybridized carbons (Fsp3) is 0.429. The third-order valence-corrected chi connectivity index (χ3v) is 5.16. The first kappa shape index (κ1) is 19.8. The molecule has 1 atom stereocenters. The van der Waals surface area contributed by atoms with Crippen LogP contribution in [0.3, 0.4) is 0 Å². The third-order valence-electron chi connectivity index (χ3n) is 5.16. The molecule has 7 heteroatoms. The molecule has 1 N–H and O–H groups in total. The number of imide groups is 2. The van der Waals surface area contributed by atoms with Gasteiger partial charge >= 0.3 is 17.8 Å². The number of carbonyl (C=O) groups is 4. The van der Waals surface area contributed by atoms with Crippen LogP contribution in [0, 0.1) is 0 Å². The minimum atomic E-state index is -0.940. The quantitative estimate of drug-likeness (QED) is 0.445. The van der Waals surface area contributed by atoms with Crippen molar-refractivity contribution in [2.45, 2.75) is 45.1 Å². The molecule has 1 aromatic rings. The number of rotatable bonds is 7. The Labute approximate surface area is 164 Å². The number of hydrogen-bond acceptors (Lipinski definition) is 4. The molecule has 5 amide bonds. The zero-order chi connectivity index (χ0) is 20.1. The SMILES string of the molecule is CC(NC(=O)CN1C(=O)C(=O)N(CCC2=CCCCC2)C1=O)c1ccccc1. The van der Waals surface area contributed by atoms with Gasteiger partial charge in [0.1, 0.15) is 6.54 Å². The van der Waals surface area contributed by atoms with E-state index in [1.165, 1.54) is 5.57 Å². The van der Waals surface area contributed by atoms with Crippen LogP contribution in [0.5, 0.6) is 0 Å². The smallest absolute Gasteiger partial charge is 0.334 e. The zero-order valence-corrected chi connectivity index (χ0v) is 16.0. The fourth-order valence-corrected chi connectivity index (χ4v) is 3.53. The van der Waals surface area contributed by atoms with Crippen molar-refractivity contribution < 1.29 is 19.2 Å². The van der Waals surface area contributed by atoms with E-state index in [0.29, 0.717) is 6.42 Å². The van der Waals surface area contributed by atoms with Gasteiger partial charge in [-0.1, -0.05) is 42.0 Å². The maximum Gasteiger partial charge on any atom is 0.334 e. The summed E-state index contributed by atoms with van der Waals surface area (Å²) < 4.78 is 0. The highest BCUT2D eigenvalue weighted by molar-refractivity contribution is 6.45. The van der Waals surface area contributed by atoms with Crippen LogP contribution in [0.2, 0.25) is 0 Å². The summed E-state index contributed by atoms with van der Waals surface area (Å²) in [5.74, 6) is -2.28. The number of urea groups is 1. The number of benzene rings is 1. The normalized spacial score (nSPS) is 18.3. The number of allylic oxidation sites excluding steroid dienone is 1. The highest BCUT2D eigenvalue weighted by atomic mass is 16.2. The molecule has 28 heavy (non-hydrogen) atoms. The van der Waals surface area contributed by atoms with E-state index in [-0.39, 0.29) is 12.6 Å². The minimum absolute atomic E-state index is 0.174. The number of hydrogen-bond donors (Lipinski definition) is 1. The predicted molar refractivity (Wildman–Crippen MR) is 103 cm³/mol. The Kier molecular flexibility index (Phi) is 6.23. The minimum Gasteiger partial charge on any atom is -0.348 e. The van der Waals surface area contributed by atoms with Crippen molar-refractivity contribution in [3.63, 3.8) is 0 Å². The van der Waals surface area contributed by atoms with Gasteiger partial charge < -0.3 is 5.32 Å². The molecule has 1 aliphatic heterocycles. The van der Waals surface area contributed by atoms with Crippen LogP contribution in [0.4, 0.5) is 4.79 Å².